The van der Waals surface area contributed by atoms with Gasteiger partial charge in [-0.1, -0.05) is 69.3 Å². The lowest BCUT2D eigenvalue weighted by Crippen LogP contribution is -2.67. The van der Waals surface area contributed by atoms with E-state index < -0.39 is 32.5 Å². The van der Waals surface area contributed by atoms with Crippen molar-refractivity contribution >= 4 is 20.2 Å². The molecule has 1 unspecified atom stereocenters. The molecular formula is C25H33NO5Si. The average molecular weight is 456 g/mol. The third-order valence-electron chi connectivity index (χ3n) is 6.45. The van der Waals surface area contributed by atoms with E-state index in [0.29, 0.717) is 5.75 Å². The highest BCUT2D eigenvalue weighted by Gasteiger charge is 2.55. The summed E-state index contributed by atoms with van der Waals surface area (Å²) < 4.78 is 17.4. The molecule has 0 spiro atoms. The quantitative estimate of drug-likeness (QED) is 0.331. The molecule has 2 aromatic rings. The number of hydrogen-bond donors (Lipinski definition) is 0. The number of para-hydroxylation sites is 1. The molecule has 0 saturated carbocycles. The van der Waals surface area contributed by atoms with Crippen LogP contribution in [0.15, 0.2) is 60.7 Å². The largest absolute Gasteiger partial charge is 0.478 e. The Kier molecular flexibility index (Phi) is 7.10. The van der Waals surface area contributed by atoms with Crippen molar-refractivity contribution in [3.63, 3.8) is 0 Å². The van der Waals surface area contributed by atoms with Crippen LogP contribution >= 0.6 is 0 Å². The minimum atomic E-state index is -2.14. The van der Waals surface area contributed by atoms with E-state index in [1.54, 1.807) is 4.90 Å². The summed E-state index contributed by atoms with van der Waals surface area (Å²) in [4.78, 5) is 27.6. The lowest BCUT2D eigenvalue weighted by atomic mass is 9.88. The van der Waals surface area contributed by atoms with E-state index in [9.17, 15) is 9.59 Å². The summed E-state index contributed by atoms with van der Waals surface area (Å²) in [6, 6.07) is 17.6. The smallest absolute Gasteiger partial charge is 0.330 e. The second-order valence-electron chi connectivity index (χ2n) is 9.56. The topological polar surface area (TPSA) is 65.1 Å². The van der Waals surface area contributed by atoms with Gasteiger partial charge in [0.25, 0.3) is 5.91 Å². The molecule has 7 heteroatoms. The van der Waals surface area contributed by atoms with Gasteiger partial charge in [0, 0.05) is 0 Å². The van der Waals surface area contributed by atoms with Crippen LogP contribution in [0.4, 0.5) is 0 Å². The first kappa shape index (κ1) is 24.0. The summed E-state index contributed by atoms with van der Waals surface area (Å²) in [6.07, 6.45) is -0.722. The zero-order valence-corrected chi connectivity index (χ0v) is 20.7. The van der Waals surface area contributed by atoms with E-state index in [0.717, 1.165) is 5.56 Å². The molecule has 0 aromatic heterocycles. The Balaban J connectivity index is 1.90. The first-order valence-corrected chi connectivity index (χ1v) is 13.8. The van der Waals surface area contributed by atoms with Gasteiger partial charge < -0.3 is 18.8 Å². The van der Waals surface area contributed by atoms with Crippen molar-refractivity contribution in [2.75, 3.05) is 13.7 Å². The number of carbonyl (C=O) groups excluding carboxylic acids is 2. The standard InChI is InChI=1S/C25H33NO5Si/c1-25(2,3)32(5,6)30-17-20(24(28)29-4)26-21(18-13-9-7-10-14-18)22(23(26)27)31-19-15-11-8-12-16-19/h7-16,20-22H,17H2,1-6H3/t20?,21-,22+/m0/s1. The van der Waals surface area contributed by atoms with Gasteiger partial charge in [-0.3, -0.25) is 4.79 Å². The number of esters is 1. The Bertz CT molecular complexity index is 926. The number of rotatable bonds is 8. The summed E-state index contributed by atoms with van der Waals surface area (Å²) >= 11 is 0. The Morgan fingerprint density at radius 3 is 2.12 bits per heavy atom. The Morgan fingerprint density at radius 1 is 1.03 bits per heavy atom. The van der Waals surface area contributed by atoms with E-state index >= 15 is 0 Å². The number of β-lactam (4-membered cyclic amide) rings is 1. The van der Waals surface area contributed by atoms with E-state index in [4.69, 9.17) is 13.9 Å². The Labute approximate surface area is 191 Å². The normalized spacial score (nSPS) is 19.8. The van der Waals surface area contributed by atoms with Crippen molar-refractivity contribution in [2.45, 2.75) is 57.1 Å². The third-order valence-corrected chi connectivity index (χ3v) is 10.9. The van der Waals surface area contributed by atoms with Crippen LogP contribution in [0.25, 0.3) is 0 Å². The highest BCUT2D eigenvalue weighted by molar-refractivity contribution is 6.74. The molecule has 0 aliphatic carbocycles. The molecule has 2 aromatic carbocycles. The van der Waals surface area contributed by atoms with E-state index in [2.05, 4.69) is 33.9 Å². The predicted octanol–water partition coefficient (Wildman–Crippen LogP) is 4.58. The van der Waals surface area contributed by atoms with Crippen molar-refractivity contribution in [1.29, 1.82) is 0 Å². The summed E-state index contributed by atoms with van der Waals surface area (Å²) in [7, 11) is -0.804. The zero-order chi connectivity index (χ0) is 23.5. The fourth-order valence-corrected chi connectivity index (χ4v) is 4.49. The van der Waals surface area contributed by atoms with Crippen LogP contribution < -0.4 is 4.74 Å². The number of ether oxygens (including phenoxy) is 2. The van der Waals surface area contributed by atoms with Crippen LogP contribution in [0.3, 0.4) is 0 Å². The minimum Gasteiger partial charge on any atom is -0.478 e. The van der Waals surface area contributed by atoms with Gasteiger partial charge in [0.1, 0.15) is 11.8 Å². The number of likely N-dealkylation sites (tertiary alicyclic amines) is 1. The molecule has 1 aliphatic rings. The van der Waals surface area contributed by atoms with Gasteiger partial charge in [0.2, 0.25) is 6.10 Å². The predicted molar refractivity (Wildman–Crippen MR) is 126 cm³/mol. The van der Waals surface area contributed by atoms with Crippen molar-refractivity contribution in [3.05, 3.63) is 66.2 Å². The molecule has 3 atom stereocenters. The fourth-order valence-electron chi connectivity index (χ4n) is 3.48. The first-order valence-electron chi connectivity index (χ1n) is 10.9. The van der Waals surface area contributed by atoms with E-state index in [1.165, 1.54) is 7.11 Å². The highest BCUT2D eigenvalue weighted by Crippen LogP contribution is 2.41. The van der Waals surface area contributed by atoms with Crippen LogP contribution in [-0.4, -0.2) is 51.0 Å². The number of methoxy groups -OCH3 is 1. The lowest BCUT2D eigenvalue weighted by molar-refractivity contribution is -0.179. The van der Waals surface area contributed by atoms with Crippen molar-refractivity contribution in [1.82, 2.24) is 4.90 Å². The SMILES string of the molecule is COC(=O)C(CO[Si](C)(C)C(C)(C)C)N1C(=O)[C@H](Oc2ccccc2)[C@@H]1c1ccccc1. The monoisotopic (exact) mass is 455 g/mol. The van der Waals surface area contributed by atoms with Crippen LogP contribution in [0, 0.1) is 0 Å². The van der Waals surface area contributed by atoms with Gasteiger partial charge >= 0.3 is 5.97 Å². The molecule has 1 fully saturated rings. The van der Waals surface area contributed by atoms with Gasteiger partial charge in [-0.05, 0) is 35.8 Å². The summed E-state index contributed by atoms with van der Waals surface area (Å²) in [5.41, 5.74) is 0.897. The molecule has 1 heterocycles. The van der Waals surface area contributed by atoms with Crippen molar-refractivity contribution in [3.8, 4) is 5.75 Å². The lowest BCUT2D eigenvalue weighted by Gasteiger charge is -2.50. The van der Waals surface area contributed by atoms with Crippen LogP contribution in [0.5, 0.6) is 5.75 Å². The number of amides is 1. The first-order chi connectivity index (χ1) is 15.1. The number of nitrogens with zero attached hydrogens (tertiary/aromatic N) is 1. The molecule has 1 aliphatic heterocycles. The molecule has 172 valence electrons. The van der Waals surface area contributed by atoms with Crippen LogP contribution in [-0.2, 0) is 18.8 Å². The summed E-state index contributed by atoms with van der Waals surface area (Å²) in [5, 5.41) is -0.0234. The van der Waals surface area contributed by atoms with Gasteiger partial charge in [-0.25, -0.2) is 4.79 Å². The minimum absolute atomic E-state index is 0.0234. The number of benzene rings is 2. The molecule has 0 N–H and O–H groups in total. The number of hydrogen-bond acceptors (Lipinski definition) is 5. The molecule has 1 amide bonds. The average Bonchev–Trinajstić information content (AvgIpc) is 2.77. The second-order valence-corrected chi connectivity index (χ2v) is 14.4. The molecular weight excluding hydrogens is 422 g/mol. The zero-order valence-electron chi connectivity index (χ0n) is 19.7. The number of carbonyl (C=O) groups is 2. The second kappa shape index (κ2) is 9.46. The third kappa shape index (κ3) is 4.89. The molecule has 32 heavy (non-hydrogen) atoms. The maximum Gasteiger partial charge on any atom is 0.330 e. The fraction of sp³-hybridized carbons (Fsp3) is 0.440. The molecule has 0 bridgehead atoms. The van der Waals surface area contributed by atoms with E-state index in [1.807, 2.05) is 60.7 Å². The Morgan fingerprint density at radius 2 is 1.59 bits per heavy atom. The summed E-state index contributed by atoms with van der Waals surface area (Å²) in [5.74, 6) is -0.133. The van der Waals surface area contributed by atoms with E-state index in [-0.39, 0.29) is 17.6 Å². The molecule has 3 rings (SSSR count). The maximum atomic E-state index is 13.3. The Hall–Kier alpha value is -2.64. The van der Waals surface area contributed by atoms with Crippen LogP contribution in [0.1, 0.15) is 32.4 Å². The highest BCUT2D eigenvalue weighted by atomic mass is 28.4. The van der Waals surface area contributed by atoms with Crippen molar-refractivity contribution < 1.29 is 23.5 Å². The molecule has 6 nitrogen and oxygen atoms in total. The van der Waals surface area contributed by atoms with Gasteiger partial charge in [0.05, 0.1) is 13.7 Å². The van der Waals surface area contributed by atoms with Crippen molar-refractivity contribution in [2.24, 2.45) is 0 Å². The molecule has 1 saturated heterocycles. The van der Waals surface area contributed by atoms with Gasteiger partial charge in [-0.2, -0.15) is 0 Å². The van der Waals surface area contributed by atoms with Gasteiger partial charge in [0.15, 0.2) is 14.4 Å². The maximum absolute atomic E-state index is 13.3. The van der Waals surface area contributed by atoms with Crippen LogP contribution in [0.2, 0.25) is 18.1 Å². The van der Waals surface area contributed by atoms with Gasteiger partial charge in [-0.15, -0.1) is 0 Å². The molecule has 0 radical (unpaired) electrons. The summed E-state index contributed by atoms with van der Waals surface area (Å²) in [6.45, 7) is 10.7.